The monoisotopic (exact) mass is 326 g/mol. The van der Waals surface area contributed by atoms with Crippen LogP contribution in [0.4, 0.5) is 0 Å². The van der Waals surface area contributed by atoms with Crippen LogP contribution in [0.1, 0.15) is 24.8 Å². The van der Waals surface area contributed by atoms with Crippen molar-refractivity contribution in [2.75, 3.05) is 40.4 Å². The van der Waals surface area contributed by atoms with Crippen LogP contribution in [0.25, 0.3) is 0 Å². The van der Waals surface area contributed by atoms with E-state index < -0.39 is 0 Å². The summed E-state index contributed by atoms with van der Waals surface area (Å²) in [4.78, 5) is 2.57. The van der Waals surface area contributed by atoms with Crippen molar-refractivity contribution in [1.29, 1.82) is 0 Å². The largest absolute Gasteiger partial charge is 0.497 e. The van der Waals surface area contributed by atoms with Crippen LogP contribution in [0, 0.1) is 5.41 Å². The molecule has 1 spiro atoms. The molecule has 1 N–H and O–H groups in total. The van der Waals surface area contributed by atoms with Crippen LogP contribution in [0.3, 0.4) is 0 Å². The number of benzene rings is 1. The van der Waals surface area contributed by atoms with Crippen LogP contribution in [0.5, 0.6) is 11.5 Å². The van der Waals surface area contributed by atoms with E-state index in [2.05, 4.69) is 16.3 Å². The predicted octanol–water partition coefficient (Wildman–Crippen LogP) is 2.70. The molecule has 2 saturated heterocycles. The molecule has 4 nitrogen and oxygen atoms in total. The first kappa shape index (κ1) is 17.4. The second-order valence-electron chi connectivity index (χ2n) is 6.39. The molecule has 0 bridgehead atoms. The van der Waals surface area contributed by atoms with Gasteiger partial charge in [-0.1, -0.05) is 0 Å². The first-order chi connectivity index (χ1) is 10.2. The van der Waals surface area contributed by atoms with Gasteiger partial charge >= 0.3 is 0 Å². The molecule has 3 rings (SSSR count). The minimum absolute atomic E-state index is 0. The zero-order valence-corrected chi connectivity index (χ0v) is 14.4. The molecule has 2 aliphatic rings. The maximum absolute atomic E-state index is 5.50. The first-order valence-corrected chi connectivity index (χ1v) is 7.89. The lowest BCUT2D eigenvalue weighted by atomic mass is 9.78. The van der Waals surface area contributed by atoms with Crippen LogP contribution < -0.4 is 14.8 Å². The maximum atomic E-state index is 5.50. The lowest BCUT2D eigenvalue weighted by Gasteiger charge is -2.34. The number of halogens is 1. The first-order valence-electron chi connectivity index (χ1n) is 7.89. The third-order valence-electron chi connectivity index (χ3n) is 5.06. The lowest BCUT2D eigenvalue weighted by Crippen LogP contribution is -2.38. The van der Waals surface area contributed by atoms with Gasteiger partial charge in [-0.25, -0.2) is 0 Å². The number of likely N-dealkylation sites (tertiary alicyclic amines) is 1. The van der Waals surface area contributed by atoms with E-state index >= 15 is 0 Å². The fraction of sp³-hybridized carbons (Fsp3) is 0.647. The summed E-state index contributed by atoms with van der Waals surface area (Å²) in [6, 6.07) is 6.07. The van der Waals surface area contributed by atoms with Gasteiger partial charge in [0.05, 0.1) is 14.2 Å². The maximum Gasteiger partial charge on any atom is 0.123 e. The molecular formula is C17H27ClN2O2. The van der Waals surface area contributed by atoms with Crippen molar-refractivity contribution in [3.63, 3.8) is 0 Å². The predicted molar refractivity (Wildman–Crippen MR) is 91.2 cm³/mol. The molecule has 2 fully saturated rings. The molecule has 2 heterocycles. The van der Waals surface area contributed by atoms with Gasteiger partial charge in [-0.3, -0.25) is 4.90 Å². The number of hydrogen-bond acceptors (Lipinski definition) is 4. The van der Waals surface area contributed by atoms with Crippen molar-refractivity contribution in [3.8, 4) is 11.5 Å². The van der Waals surface area contributed by atoms with Gasteiger partial charge in [0.1, 0.15) is 11.5 Å². The average molecular weight is 327 g/mol. The Labute approximate surface area is 139 Å². The molecule has 0 amide bonds. The fourth-order valence-electron chi connectivity index (χ4n) is 3.77. The fourth-order valence-corrected chi connectivity index (χ4v) is 3.77. The van der Waals surface area contributed by atoms with E-state index in [1.165, 1.54) is 51.0 Å². The van der Waals surface area contributed by atoms with Gasteiger partial charge < -0.3 is 14.8 Å². The molecule has 22 heavy (non-hydrogen) atoms. The van der Waals surface area contributed by atoms with E-state index in [-0.39, 0.29) is 12.4 Å². The van der Waals surface area contributed by atoms with Gasteiger partial charge in [0.15, 0.2) is 0 Å². The molecule has 0 saturated carbocycles. The molecule has 2 aliphatic heterocycles. The van der Waals surface area contributed by atoms with Crippen molar-refractivity contribution in [1.82, 2.24) is 10.2 Å². The Morgan fingerprint density at radius 2 is 1.91 bits per heavy atom. The van der Waals surface area contributed by atoms with Crippen molar-refractivity contribution < 1.29 is 9.47 Å². The van der Waals surface area contributed by atoms with Crippen LogP contribution in [-0.2, 0) is 6.54 Å². The highest BCUT2D eigenvalue weighted by atomic mass is 35.5. The molecule has 5 heteroatoms. The van der Waals surface area contributed by atoms with E-state index in [4.69, 9.17) is 9.47 Å². The van der Waals surface area contributed by atoms with Gasteiger partial charge in [-0.15, -0.1) is 12.4 Å². The third kappa shape index (κ3) is 3.67. The second-order valence-corrected chi connectivity index (χ2v) is 6.39. The Balaban J connectivity index is 0.00000176. The highest BCUT2D eigenvalue weighted by Crippen LogP contribution is 2.39. The van der Waals surface area contributed by atoms with Gasteiger partial charge in [0.25, 0.3) is 0 Å². The second kappa shape index (κ2) is 7.53. The lowest BCUT2D eigenvalue weighted by molar-refractivity contribution is 0.193. The van der Waals surface area contributed by atoms with Crippen LogP contribution >= 0.6 is 12.4 Å². The quantitative estimate of drug-likeness (QED) is 0.922. The van der Waals surface area contributed by atoms with Gasteiger partial charge in [-0.05, 0) is 62.5 Å². The zero-order chi connectivity index (χ0) is 14.7. The normalized spacial score (nSPS) is 20.6. The summed E-state index contributed by atoms with van der Waals surface area (Å²) < 4.78 is 10.8. The summed E-state index contributed by atoms with van der Waals surface area (Å²) in [5.74, 6) is 1.86. The van der Waals surface area contributed by atoms with Crippen LogP contribution in [0.15, 0.2) is 18.2 Å². The molecule has 1 aromatic carbocycles. The summed E-state index contributed by atoms with van der Waals surface area (Å²) in [5.41, 5.74) is 1.78. The Hall–Kier alpha value is -0.970. The standard InChI is InChI=1S/C17H26N2O2.ClH/c1-20-15-3-4-16(21-2)14(11-15)12-19-10-7-17(13-19)5-8-18-9-6-17;/h3-4,11,18H,5-10,12-13H2,1-2H3;1H. The SMILES string of the molecule is COc1ccc(OC)c(CN2CCC3(CCNCC3)C2)c1.Cl. The van der Waals surface area contributed by atoms with Gasteiger partial charge in [0, 0.05) is 18.7 Å². The van der Waals surface area contributed by atoms with E-state index in [0.29, 0.717) is 5.41 Å². The topological polar surface area (TPSA) is 33.7 Å². The van der Waals surface area contributed by atoms with E-state index in [1.807, 2.05) is 12.1 Å². The van der Waals surface area contributed by atoms with Crippen LogP contribution in [0.2, 0.25) is 0 Å². The Kier molecular flexibility index (Phi) is 5.95. The Morgan fingerprint density at radius 1 is 1.14 bits per heavy atom. The summed E-state index contributed by atoms with van der Waals surface area (Å²) in [6.07, 6.45) is 3.97. The van der Waals surface area contributed by atoms with Crippen molar-refractivity contribution in [3.05, 3.63) is 23.8 Å². The third-order valence-corrected chi connectivity index (χ3v) is 5.06. The van der Waals surface area contributed by atoms with Crippen molar-refractivity contribution in [2.24, 2.45) is 5.41 Å². The number of nitrogens with one attached hydrogen (secondary N) is 1. The zero-order valence-electron chi connectivity index (χ0n) is 13.6. The number of hydrogen-bond donors (Lipinski definition) is 1. The Morgan fingerprint density at radius 3 is 2.59 bits per heavy atom. The smallest absolute Gasteiger partial charge is 0.123 e. The minimum Gasteiger partial charge on any atom is -0.497 e. The summed E-state index contributed by atoms with van der Waals surface area (Å²) >= 11 is 0. The molecule has 0 radical (unpaired) electrons. The number of piperidine rings is 1. The molecule has 0 atom stereocenters. The van der Waals surface area contributed by atoms with E-state index in [1.54, 1.807) is 14.2 Å². The van der Waals surface area contributed by atoms with Crippen molar-refractivity contribution >= 4 is 12.4 Å². The van der Waals surface area contributed by atoms with Gasteiger partial charge in [0.2, 0.25) is 0 Å². The molecule has 0 aromatic heterocycles. The number of methoxy groups -OCH3 is 2. The minimum atomic E-state index is 0. The summed E-state index contributed by atoms with van der Waals surface area (Å²) in [5, 5.41) is 3.48. The number of ether oxygens (including phenoxy) is 2. The van der Waals surface area contributed by atoms with E-state index in [9.17, 15) is 0 Å². The van der Waals surface area contributed by atoms with Crippen LogP contribution in [-0.4, -0.2) is 45.3 Å². The molecule has 0 aliphatic carbocycles. The average Bonchev–Trinajstić information content (AvgIpc) is 2.90. The molecular weight excluding hydrogens is 300 g/mol. The molecule has 0 unspecified atom stereocenters. The number of nitrogens with zero attached hydrogens (tertiary/aromatic N) is 1. The molecule has 124 valence electrons. The molecule has 1 aromatic rings. The Bertz CT molecular complexity index is 490. The summed E-state index contributed by atoms with van der Waals surface area (Å²) in [6.45, 7) is 5.72. The van der Waals surface area contributed by atoms with E-state index in [0.717, 1.165) is 18.0 Å². The summed E-state index contributed by atoms with van der Waals surface area (Å²) in [7, 11) is 3.45. The number of rotatable bonds is 4. The highest BCUT2D eigenvalue weighted by molar-refractivity contribution is 5.85. The van der Waals surface area contributed by atoms with Gasteiger partial charge in [-0.2, -0.15) is 0 Å². The van der Waals surface area contributed by atoms with Crippen molar-refractivity contribution in [2.45, 2.75) is 25.8 Å². The highest BCUT2D eigenvalue weighted by Gasteiger charge is 2.38.